The summed E-state index contributed by atoms with van der Waals surface area (Å²) in [5, 5.41) is 0. The number of pyridine rings is 1. The van der Waals surface area contributed by atoms with Gasteiger partial charge in [0.1, 0.15) is 0 Å². The number of rotatable bonds is 6. The zero-order valence-corrected chi connectivity index (χ0v) is 14.8. The summed E-state index contributed by atoms with van der Waals surface area (Å²) in [6.45, 7) is 0.927. The molecule has 3 rings (SSSR count). The number of amides is 1. The van der Waals surface area contributed by atoms with Gasteiger partial charge in [-0.2, -0.15) is 0 Å². The molecule has 26 heavy (non-hydrogen) atoms. The topological polar surface area (TPSA) is 42.3 Å². The molecule has 0 bridgehead atoms. The molecule has 0 fully saturated rings. The molecule has 0 N–H and O–H groups in total. The van der Waals surface area contributed by atoms with Crippen LogP contribution in [0.25, 0.3) is 11.1 Å². The molecule has 0 saturated carbocycles. The van der Waals surface area contributed by atoms with Crippen LogP contribution in [0.2, 0.25) is 0 Å². The van der Waals surface area contributed by atoms with E-state index in [1.165, 1.54) is 6.07 Å². The van der Waals surface area contributed by atoms with Crippen molar-refractivity contribution in [2.24, 2.45) is 0 Å². The molecular weight excluding hydrogens is 324 g/mol. The van der Waals surface area contributed by atoms with Gasteiger partial charge in [-0.05, 0) is 22.8 Å². The third-order valence-corrected chi connectivity index (χ3v) is 4.40. The molecule has 0 atom stereocenters. The van der Waals surface area contributed by atoms with Crippen LogP contribution in [0.4, 0.5) is 0 Å². The average Bonchev–Trinajstić information content (AvgIpc) is 2.68. The molecule has 0 unspecified atom stereocenters. The Balaban J connectivity index is 1.68. The molecule has 0 radical (unpaired) electrons. The minimum atomic E-state index is -0.0858. The molecule has 4 heteroatoms. The van der Waals surface area contributed by atoms with Gasteiger partial charge in [0, 0.05) is 38.8 Å². The fourth-order valence-electron chi connectivity index (χ4n) is 2.95. The van der Waals surface area contributed by atoms with E-state index in [1.54, 1.807) is 34.8 Å². The Hall–Kier alpha value is -3.14. The van der Waals surface area contributed by atoms with E-state index >= 15 is 0 Å². The van der Waals surface area contributed by atoms with E-state index in [9.17, 15) is 9.59 Å². The second-order valence-corrected chi connectivity index (χ2v) is 6.26. The molecule has 0 aliphatic heterocycles. The van der Waals surface area contributed by atoms with E-state index in [2.05, 4.69) is 18.2 Å². The molecule has 0 aliphatic carbocycles. The summed E-state index contributed by atoms with van der Waals surface area (Å²) in [6.07, 6.45) is 2.01. The predicted octanol–water partition coefficient (Wildman–Crippen LogP) is 3.56. The number of carbonyl (C=O) groups is 1. The van der Waals surface area contributed by atoms with E-state index in [1.807, 2.05) is 36.4 Å². The number of aromatic nitrogens is 1. The molecule has 1 amide bonds. The van der Waals surface area contributed by atoms with E-state index in [4.69, 9.17) is 0 Å². The maximum Gasteiger partial charge on any atom is 0.250 e. The minimum absolute atomic E-state index is 0.0172. The third kappa shape index (κ3) is 4.28. The van der Waals surface area contributed by atoms with Crippen LogP contribution in [0, 0.1) is 0 Å². The zero-order valence-electron chi connectivity index (χ0n) is 14.8. The van der Waals surface area contributed by atoms with E-state index in [-0.39, 0.29) is 11.5 Å². The predicted molar refractivity (Wildman–Crippen MR) is 104 cm³/mol. The lowest BCUT2D eigenvalue weighted by Crippen LogP contribution is -2.29. The number of nitrogens with zero attached hydrogens (tertiary/aromatic N) is 2. The quantitative estimate of drug-likeness (QED) is 0.685. The van der Waals surface area contributed by atoms with Crippen molar-refractivity contribution in [2.45, 2.75) is 19.5 Å². The highest BCUT2D eigenvalue weighted by Gasteiger charge is 2.12. The van der Waals surface area contributed by atoms with Crippen LogP contribution in [0.3, 0.4) is 0 Å². The lowest BCUT2D eigenvalue weighted by molar-refractivity contribution is -0.130. The van der Waals surface area contributed by atoms with Gasteiger partial charge < -0.3 is 9.47 Å². The van der Waals surface area contributed by atoms with Crippen LogP contribution in [-0.2, 0) is 17.9 Å². The first kappa shape index (κ1) is 17.7. The van der Waals surface area contributed by atoms with Gasteiger partial charge in [-0.3, -0.25) is 9.59 Å². The molecule has 2 aromatic carbocycles. The molecule has 0 spiro atoms. The van der Waals surface area contributed by atoms with Crippen LogP contribution in [0.5, 0.6) is 0 Å². The first-order valence-corrected chi connectivity index (χ1v) is 8.68. The van der Waals surface area contributed by atoms with Gasteiger partial charge >= 0.3 is 0 Å². The zero-order chi connectivity index (χ0) is 18.4. The lowest BCUT2D eigenvalue weighted by atomic mass is 9.99. The van der Waals surface area contributed by atoms with Gasteiger partial charge in [0.05, 0.1) is 0 Å². The van der Waals surface area contributed by atoms with Crippen molar-refractivity contribution in [3.8, 4) is 11.1 Å². The Labute approximate surface area is 153 Å². The highest BCUT2D eigenvalue weighted by atomic mass is 16.2. The van der Waals surface area contributed by atoms with Crippen LogP contribution in [0.15, 0.2) is 83.8 Å². The Morgan fingerprint density at radius 3 is 2.38 bits per heavy atom. The fourth-order valence-corrected chi connectivity index (χ4v) is 2.95. The van der Waals surface area contributed by atoms with Crippen molar-refractivity contribution in [3.63, 3.8) is 0 Å². The van der Waals surface area contributed by atoms with E-state index in [0.29, 0.717) is 19.5 Å². The molecule has 0 aliphatic rings. The Morgan fingerprint density at radius 1 is 0.923 bits per heavy atom. The molecule has 1 heterocycles. The Bertz CT molecular complexity index is 932. The third-order valence-electron chi connectivity index (χ3n) is 4.40. The Morgan fingerprint density at radius 2 is 1.62 bits per heavy atom. The van der Waals surface area contributed by atoms with Gasteiger partial charge in [0.15, 0.2) is 0 Å². The second kappa shape index (κ2) is 8.30. The maximum atomic E-state index is 12.5. The lowest BCUT2D eigenvalue weighted by Gasteiger charge is -2.20. The van der Waals surface area contributed by atoms with Crippen molar-refractivity contribution in [1.29, 1.82) is 0 Å². The van der Waals surface area contributed by atoms with Gasteiger partial charge in [-0.15, -0.1) is 0 Å². The van der Waals surface area contributed by atoms with Gasteiger partial charge in [-0.1, -0.05) is 60.7 Å². The maximum absolute atomic E-state index is 12.5. The molecule has 0 saturated heterocycles. The molecular formula is C22H22N2O2. The monoisotopic (exact) mass is 346 g/mol. The van der Waals surface area contributed by atoms with Gasteiger partial charge in [0.2, 0.25) is 5.91 Å². The van der Waals surface area contributed by atoms with Crippen molar-refractivity contribution >= 4 is 5.91 Å². The van der Waals surface area contributed by atoms with E-state index in [0.717, 1.165) is 16.7 Å². The SMILES string of the molecule is CN(Cc1ccccc1-c1ccccc1)C(=O)CCn1ccccc1=O. The number of hydrogen-bond donors (Lipinski definition) is 0. The van der Waals surface area contributed by atoms with Crippen molar-refractivity contribution < 1.29 is 4.79 Å². The van der Waals surface area contributed by atoms with Crippen LogP contribution in [-0.4, -0.2) is 22.4 Å². The highest BCUT2D eigenvalue weighted by molar-refractivity contribution is 5.76. The summed E-state index contributed by atoms with van der Waals surface area (Å²) in [5.41, 5.74) is 3.29. The van der Waals surface area contributed by atoms with Crippen LogP contribution in [0.1, 0.15) is 12.0 Å². The highest BCUT2D eigenvalue weighted by Crippen LogP contribution is 2.24. The standard InChI is InChI=1S/C22H22N2O2/c1-23(21(25)14-16-24-15-8-7-13-22(24)26)17-19-11-5-6-12-20(19)18-9-3-2-4-10-18/h2-13,15H,14,16-17H2,1H3. The first-order chi connectivity index (χ1) is 12.6. The fraction of sp³-hybridized carbons (Fsp3) is 0.182. The minimum Gasteiger partial charge on any atom is -0.341 e. The van der Waals surface area contributed by atoms with Crippen LogP contribution < -0.4 is 5.56 Å². The summed E-state index contributed by atoms with van der Waals surface area (Å²) < 4.78 is 1.56. The van der Waals surface area contributed by atoms with Gasteiger partial charge in [-0.25, -0.2) is 0 Å². The van der Waals surface area contributed by atoms with E-state index < -0.39 is 0 Å². The number of hydrogen-bond acceptors (Lipinski definition) is 2. The van der Waals surface area contributed by atoms with Crippen LogP contribution >= 0.6 is 0 Å². The largest absolute Gasteiger partial charge is 0.341 e. The van der Waals surface area contributed by atoms with Gasteiger partial charge in [0.25, 0.3) is 5.56 Å². The summed E-state index contributed by atoms with van der Waals surface area (Å²) in [7, 11) is 1.80. The van der Waals surface area contributed by atoms with Crippen molar-refractivity contribution in [2.75, 3.05) is 7.05 Å². The molecule has 1 aromatic heterocycles. The average molecular weight is 346 g/mol. The normalized spacial score (nSPS) is 10.5. The summed E-state index contributed by atoms with van der Waals surface area (Å²) >= 11 is 0. The first-order valence-electron chi connectivity index (χ1n) is 8.68. The molecule has 3 aromatic rings. The molecule has 132 valence electrons. The summed E-state index contributed by atoms with van der Waals surface area (Å²) in [4.78, 5) is 25.9. The number of benzene rings is 2. The number of aryl methyl sites for hydroxylation is 1. The Kier molecular flexibility index (Phi) is 5.64. The van der Waals surface area contributed by atoms with Crippen molar-refractivity contribution in [3.05, 3.63) is 94.9 Å². The number of carbonyl (C=O) groups excluding carboxylic acids is 1. The molecule has 4 nitrogen and oxygen atoms in total. The summed E-state index contributed by atoms with van der Waals surface area (Å²) in [5.74, 6) is 0.0172. The second-order valence-electron chi connectivity index (χ2n) is 6.26. The summed E-state index contributed by atoms with van der Waals surface area (Å²) in [6, 6.07) is 23.3. The smallest absolute Gasteiger partial charge is 0.250 e. The van der Waals surface area contributed by atoms with Crippen molar-refractivity contribution in [1.82, 2.24) is 9.47 Å².